The normalized spacial score (nSPS) is 11.2. The molecule has 0 radical (unpaired) electrons. The highest BCUT2D eigenvalue weighted by molar-refractivity contribution is 5.94. The van der Waals surface area contributed by atoms with E-state index in [1.54, 1.807) is 19.2 Å². The second-order valence-corrected chi connectivity index (χ2v) is 5.37. The maximum absolute atomic E-state index is 11.9. The van der Waals surface area contributed by atoms with E-state index >= 15 is 0 Å². The van der Waals surface area contributed by atoms with Crippen LogP contribution in [0.15, 0.2) is 35.3 Å². The standard InChI is InChI=1S/C18H30N4O2/c1-3-4-14-24-15-8-11-21-18(19-2)22-13-12-20-17(23)16-9-6-5-7-10-16/h5-7,9-10H,3-4,8,11-15H2,1-2H3,(H,20,23)(H2,19,21,22). The maximum atomic E-state index is 11.9. The fourth-order valence-corrected chi connectivity index (χ4v) is 2.00. The summed E-state index contributed by atoms with van der Waals surface area (Å²) in [5.74, 6) is 0.669. The van der Waals surface area contributed by atoms with Gasteiger partial charge in [0.1, 0.15) is 0 Å². The van der Waals surface area contributed by atoms with Crippen molar-refractivity contribution in [3.8, 4) is 0 Å². The molecule has 0 aromatic heterocycles. The lowest BCUT2D eigenvalue weighted by atomic mass is 10.2. The zero-order valence-corrected chi connectivity index (χ0v) is 14.8. The van der Waals surface area contributed by atoms with Gasteiger partial charge in [-0.15, -0.1) is 0 Å². The Hall–Kier alpha value is -2.08. The number of carbonyl (C=O) groups is 1. The highest BCUT2D eigenvalue weighted by atomic mass is 16.5. The first-order valence-electron chi connectivity index (χ1n) is 8.63. The molecule has 0 atom stereocenters. The van der Waals surface area contributed by atoms with E-state index in [1.807, 2.05) is 18.2 Å². The van der Waals surface area contributed by atoms with Gasteiger partial charge in [-0.25, -0.2) is 0 Å². The maximum Gasteiger partial charge on any atom is 0.251 e. The van der Waals surface area contributed by atoms with Crippen LogP contribution in [0.3, 0.4) is 0 Å². The molecule has 3 N–H and O–H groups in total. The Morgan fingerprint density at radius 1 is 1.00 bits per heavy atom. The lowest BCUT2D eigenvalue weighted by Crippen LogP contribution is -2.42. The number of aliphatic imine (C=N–C) groups is 1. The van der Waals surface area contributed by atoms with Gasteiger partial charge < -0.3 is 20.7 Å². The number of hydrogen-bond donors (Lipinski definition) is 3. The Morgan fingerprint density at radius 2 is 1.67 bits per heavy atom. The summed E-state index contributed by atoms with van der Waals surface area (Å²) in [6, 6.07) is 9.19. The van der Waals surface area contributed by atoms with Crippen molar-refractivity contribution in [2.75, 3.05) is 39.9 Å². The van der Waals surface area contributed by atoms with Crippen molar-refractivity contribution < 1.29 is 9.53 Å². The summed E-state index contributed by atoms with van der Waals surface area (Å²) in [5, 5.41) is 9.27. The molecular formula is C18H30N4O2. The number of ether oxygens (including phenoxy) is 1. The molecule has 0 unspecified atom stereocenters. The van der Waals surface area contributed by atoms with Crippen LogP contribution in [0, 0.1) is 0 Å². The number of carbonyl (C=O) groups excluding carboxylic acids is 1. The van der Waals surface area contributed by atoms with Crippen molar-refractivity contribution in [2.45, 2.75) is 26.2 Å². The van der Waals surface area contributed by atoms with E-state index in [4.69, 9.17) is 4.74 Å². The average Bonchev–Trinajstić information content (AvgIpc) is 2.63. The summed E-state index contributed by atoms with van der Waals surface area (Å²) in [4.78, 5) is 16.0. The highest BCUT2D eigenvalue weighted by Gasteiger charge is 2.03. The second kappa shape index (κ2) is 13.4. The first-order valence-corrected chi connectivity index (χ1v) is 8.63. The summed E-state index contributed by atoms with van der Waals surface area (Å²) < 4.78 is 5.51. The minimum atomic E-state index is -0.0652. The van der Waals surface area contributed by atoms with Crippen LogP contribution < -0.4 is 16.0 Å². The lowest BCUT2D eigenvalue weighted by Gasteiger charge is -2.12. The largest absolute Gasteiger partial charge is 0.381 e. The molecule has 1 aromatic carbocycles. The predicted molar refractivity (Wildman–Crippen MR) is 98.5 cm³/mol. The molecule has 6 nitrogen and oxygen atoms in total. The molecule has 134 valence electrons. The van der Waals surface area contributed by atoms with E-state index in [2.05, 4.69) is 27.9 Å². The van der Waals surface area contributed by atoms with Crippen LogP contribution in [0.4, 0.5) is 0 Å². The van der Waals surface area contributed by atoms with Gasteiger partial charge in [-0.05, 0) is 25.0 Å². The number of nitrogens with zero attached hydrogens (tertiary/aromatic N) is 1. The smallest absolute Gasteiger partial charge is 0.251 e. The molecule has 0 saturated carbocycles. The molecule has 0 heterocycles. The van der Waals surface area contributed by atoms with Gasteiger partial charge in [0.15, 0.2) is 5.96 Å². The third kappa shape index (κ3) is 9.15. The van der Waals surface area contributed by atoms with Crippen molar-refractivity contribution in [2.24, 2.45) is 4.99 Å². The molecule has 0 fully saturated rings. The molecule has 0 bridgehead atoms. The van der Waals surface area contributed by atoms with E-state index in [0.717, 1.165) is 45.0 Å². The zero-order valence-electron chi connectivity index (χ0n) is 14.8. The van der Waals surface area contributed by atoms with Crippen molar-refractivity contribution in [3.63, 3.8) is 0 Å². The predicted octanol–water partition coefficient (Wildman–Crippen LogP) is 1.79. The van der Waals surface area contributed by atoms with Crippen LogP contribution in [0.25, 0.3) is 0 Å². The number of rotatable bonds is 11. The van der Waals surface area contributed by atoms with Gasteiger partial charge in [-0.2, -0.15) is 0 Å². The third-order valence-corrected chi connectivity index (χ3v) is 3.36. The number of hydrogen-bond acceptors (Lipinski definition) is 3. The van der Waals surface area contributed by atoms with Crippen molar-refractivity contribution in [1.82, 2.24) is 16.0 Å². The minimum Gasteiger partial charge on any atom is -0.381 e. The summed E-state index contributed by atoms with van der Waals surface area (Å²) in [7, 11) is 1.73. The molecule has 1 amide bonds. The van der Waals surface area contributed by atoms with Gasteiger partial charge in [0.2, 0.25) is 0 Å². The third-order valence-electron chi connectivity index (χ3n) is 3.36. The molecule has 0 aliphatic carbocycles. The molecule has 0 saturated heterocycles. The lowest BCUT2D eigenvalue weighted by molar-refractivity contribution is 0.0954. The number of unbranched alkanes of at least 4 members (excludes halogenated alkanes) is 1. The van der Waals surface area contributed by atoms with Crippen LogP contribution in [0.2, 0.25) is 0 Å². The number of benzene rings is 1. The van der Waals surface area contributed by atoms with Crippen LogP contribution >= 0.6 is 0 Å². The topological polar surface area (TPSA) is 74.8 Å². The highest BCUT2D eigenvalue weighted by Crippen LogP contribution is 1.97. The Labute approximate surface area is 145 Å². The first-order chi connectivity index (χ1) is 11.8. The zero-order chi connectivity index (χ0) is 17.5. The minimum absolute atomic E-state index is 0.0652. The second-order valence-electron chi connectivity index (χ2n) is 5.37. The van der Waals surface area contributed by atoms with E-state index in [-0.39, 0.29) is 5.91 Å². The molecule has 0 aliphatic heterocycles. The van der Waals surface area contributed by atoms with Gasteiger partial charge in [-0.1, -0.05) is 31.5 Å². The van der Waals surface area contributed by atoms with Gasteiger partial charge in [0, 0.05) is 45.5 Å². The number of guanidine groups is 1. The Morgan fingerprint density at radius 3 is 2.38 bits per heavy atom. The van der Waals surface area contributed by atoms with Crippen LogP contribution in [-0.4, -0.2) is 51.8 Å². The first kappa shape index (κ1) is 20.0. The number of nitrogens with one attached hydrogen (secondary N) is 3. The van der Waals surface area contributed by atoms with Gasteiger partial charge in [0.25, 0.3) is 5.91 Å². The van der Waals surface area contributed by atoms with Gasteiger partial charge in [0.05, 0.1) is 0 Å². The van der Waals surface area contributed by atoms with Crippen molar-refractivity contribution >= 4 is 11.9 Å². The molecule has 24 heavy (non-hydrogen) atoms. The monoisotopic (exact) mass is 334 g/mol. The molecule has 1 rings (SSSR count). The number of amides is 1. The molecule has 1 aromatic rings. The molecule has 6 heteroatoms. The SMILES string of the molecule is CCCCOCCCNC(=NC)NCCNC(=O)c1ccccc1. The van der Waals surface area contributed by atoms with E-state index < -0.39 is 0 Å². The molecule has 0 aliphatic rings. The summed E-state index contributed by atoms with van der Waals surface area (Å²) >= 11 is 0. The fourth-order valence-electron chi connectivity index (χ4n) is 2.00. The fraction of sp³-hybridized carbons (Fsp3) is 0.556. The van der Waals surface area contributed by atoms with Crippen LogP contribution in [0.5, 0.6) is 0 Å². The Bertz CT molecular complexity index is 477. The average molecular weight is 334 g/mol. The van der Waals surface area contributed by atoms with E-state index in [1.165, 1.54) is 0 Å². The summed E-state index contributed by atoms with van der Waals surface area (Å²) in [6.07, 6.45) is 3.22. The molecule has 0 spiro atoms. The Kier molecular flexibility index (Phi) is 11.1. The summed E-state index contributed by atoms with van der Waals surface area (Å²) in [5.41, 5.74) is 0.670. The van der Waals surface area contributed by atoms with Crippen molar-refractivity contribution in [3.05, 3.63) is 35.9 Å². The van der Waals surface area contributed by atoms with Crippen LogP contribution in [-0.2, 0) is 4.74 Å². The quantitative estimate of drug-likeness (QED) is 0.328. The van der Waals surface area contributed by atoms with E-state index in [0.29, 0.717) is 18.7 Å². The summed E-state index contributed by atoms with van der Waals surface area (Å²) in [6.45, 7) is 5.71. The van der Waals surface area contributed by atoms with Crippen LogP contribution in [0.1, 0.15) is 36.5 Å². The van der Waals surface area contributed by atoms with Gasteiger partial charge in [-0.3, -0.25) is 9.79 Å². The Balaban J connectivity index is 2.06. The van der Waals surface area contributed by atoms with Gasteiger partial charge >= 0.3 is 0 Å². The van der Waals surface area contributed by atoms with Crippen molar-refractivity contribution in [1.29, 1.82) is 0 Å². The molecular weight excluding hydrogens is 304 g/mol. The van der Waals surface area contributed by atoms with E-state index in [9.17, 15) is 4.79 Å².